The highest BCUT2D eigenvalue weighted by Gasteiger charge is 2.25. The molecule has 2 aromatic rings. The minimum Gasteiger partial charge on any atom is -0.489 e. The van der Waals surface area contributed by atoms with Crippen molar-refractivity contribution in [2.75, 3.05) is 33.8 Å². The first kappa shape index (κ1) is 23.4. The first-order valence-electron chi connectivity index (χ1n) is 11.8. The lowest BCUT2D eigenvalue weighted by Gasteiger charge is -2.32. The summed E-state index contributed by atoms with van der Waals surface area (Å²) >= 11 is 0. The van der Waals surface area contributed by atoms with Crippen LogP contribution in [-0.4, -0.2) is 62.8 Å². The van der Waals surface area contributed by atoms with E-state index in [0.29, 0.717) is 25.8 Å². The highest BCUT2D eigenvalue weighted by Crippen LogP contribution is 2.35. The van der Waals surface area contributed by atoms with Gasteiger partial charge in [0.15, 0.2) is 11.5 Å². The zero-order chi connectivity index (χ0) is 23.0. The fourth-order valence-corrected chi connectivity index (χ4v) is 4.33. The third-order valence-electron chi connectivity index (χ3n) is 6.07. The first-order valence-corrected chi connectivity index (χ1v) is 11.8. The van der Waals surface area contributed by atoms with Crippen molar-refractivity contribution in [1.29, 1.82) is 0 Å². The fraction of sp³-hybridized carbons (Fsp3) is 0.500. The monoisotopic (exact) mass is 453 g/mol. The van der Waals surface area contributed by atoms with Crippen LogP contribution in [0.4, 0.5) is 0 Å². The fourth-order valence-electron chi connectivity index (χ4n) is 4.33. The number of rotatable bonds is 9. The summed E-state index contributed by atoms with van der Waals surface area (Å²) in [7, 11) is 3.82. The summed E-state index contributed by atoms with van der Waals surface area (Å²) in [5.74, 6) is 2.36. The van der Waals surface area contributed by atoms with Gasteiger partial charge in [-0.2, -0.15) is 0 Å². The van der Waals surface area contributed by atoms with Crippen LogP contribution in [0.3, 0.4) is 0 Å². The molecule has 2 aromatic carbocycles. The van der Waals surface area contributed by atoms with Crippen molar-refractivity contribution in [1.82, 2.24) is 15.5 Å². The SMILES string of the molecule is CN(C)CC(=O)NC1CCC(NCC2COc3ccc(OCc4ccccc4)cc3O2)CC1. The lowest BCUT2D eigenvalue weighted by Crippen LogP contribution is -2.47. The largest absolute Gasteiger partial charge is 0.489 e. The second-order valence-electron chi connectivity index (χ2n) is 9.20. The summed E-state index contributed by atoms with van der Waals surface area (Å²) in [4.78, 5) is 13.9. The molecule has 33 heavy (non-hydrogen) atoms. The maximum atomic E-state index is 12.0. The van der Waals surface area contributed by atoms with E-state index in [9.17, 15) is 4.79 Å². The number of hydrogen-bond donors (Lipinski definition) is 2. The number of nitrogens with one attached hydrogen (secondary N) is 2. The normalized spacial score (nSPS) is 22.1. The zero-order valence-electron chi connectivity index (χ0n) is 19.6. The predicted octanol–water partition coefficient (Wildman–Crippen LogP) is 2.98. The minimum atomic E-state index is -0.0422. The molecule has 0 bridgehead atoms. The number of ether oxygens (including phenoxy) is 3. The van der Waals surface area contributed by atoms with Gasteiger partial charge in [-0.15, -0.1) is 0 Å². The van der Waals surface area contributed by atoms with Gasteiger partial charge in [0.25, 0.3) is 0 Å². The lowest BCUT2D eigenvalue weighted by atomic mass is 9.91. The molecule has 2 N–H and O–H groups in total. The van der Waals surface area contributed by atoms with Crippen molar-refractivity contribution in [3.05, 3.63) is 54.1 Å². The molecule has 1 aliphatic heterocycles. The summed E-state index contributed by atoms with van der Waals surface area (Å²) in [6, 6.07) is 16.6. The standard InChI is InChI=1S/C26H35N3O4/c1-29(2)16-26(30)28-21-10-8-20(9-11-21)27-15-23-18-32-24-13-12-22(14-25(24)33-23)31-17-19-6-4-3-5-7-19/h3-7,12-14,20-21,23,27H,8-11,15-18H2,1-2H3,(H,28,30). The summed E-state index contributed by atoms with van der Waals surface area (Å²) in [6.07, 6.45) is 4.07. The maximum Gasteiger partial charge on any atom is 0.234 e. The van der Waals surface area contributed by atoms with E-state index in [2.05, 4.69) is 10.6 Å². The smallest absolute Gasteiger partial charge is 0.234 e. The Balaban J connectivity index is 1.20. The van der Waals surface area contributed by atoms with Gasteiger partial charge in [0.1, 0.15) is 25.1 Å². The van der Waals surface area contributed by atoms with Gasteiger partial charge in [-0.05, 0) is 57.5 Å². The van der Waals surface area contributed by atoms with Crippen LogP contribution < -0.4 is 24.8 Å². The molecule has 7 nitrogen and oxygen atoms in total. The molecular formula is C26H35N3O4. The third kappa shape index (κ3) is 7.11. The number of carbonyl (C=O) groups excluding carboxylic acids is 1. The number of fused-ring (bicyclic) bond motifs is 1. The molecule has 1 fully saturated rings. The van der Waals surface area contributed by atoms with Gasteiger partial charge in [-0.3, -0.25) is 4.79 Å². The van der Waals surface area contributed by atoms with Gasteiger partial charge in [0, 0.05) is 24.7 Å². The van der Waals surface area contributed by atoms with Crippen molar-refractivity contribution in [2.24, 2.45) is 0 Å². The average Bonchev–Trinajstić information content (AvgIpc) is 2.82. The van der Waals surface area contributed by atoms with E-state index in [1.165, 1.54) is 0 Å². The van der Waals surface area contributed by atoms with Gasteiger partial charge in [0.2, 0.25) is 5.91 Å². The van der Waals surface area contributed by atoms with Crippen LogP contribution in [0, 0.1) is 0 Å². The molecule has 178 valence electrons. The molecule has 0 radical (unpaired) electrons. The summed E-state index contributed by atoms with van der Waals surface area (Å²) in [5, 5.41) is 6.78. The van der Waals surface area contributed by atoms with E-state index in [1.54, 1.807) is 0 Å². The van der Waals surface area contributed by atoms with E-state index in [4.69, 9.17) is 14.2 Å². The van der Waals surface area contributed by atoms with Crippen LogP contribution in [0.25, 0.3) is 0 Å². The molecule has 1 saturated carbocycles. The van der Waals surface area contributed by atoms with Gasteiger partial charge in [-0.25, -0.2) is 0 Å². The highest BCUT2D eigenvalue weighted by molar-refractivity contribution is 5.78. The molecule has 1 amide bonds. The quantitative estimate of drug-likeness (QED) is 0.608. The number of hydrogen-bond acceptors (Lipinski definition) is 6. The van der Waals surface area contributed by atoms with E-state index < -0.39 is 0 Å². The third-order valence-corrected chi connectivity index (χ3v) is 6.07. The number of nitrogens with zero attached hydrogens (tertiary/aromatic N) is 1. The molecule has 0 spiro atoms. The van der Waals surface area contributed by atoms with Crippen LogP contribution in [0.1, 0.15) is 31.2 Å². The summed E-state index contributed by atoms with van der Waals surface area (Å²) in [6.45, 7) is 2.22. The molecule has 0 saturated heterocycles. The van der Waals surface area contributed by atoms with Gasteiger partial charge < -0.3 is 29.7 Å². The van der Waals surface area contributed by atoms with E-state index in [0.717, 1.165) is 55.0 Å². The minimum absolute atomic E-state index is 0.0422. The Bertz CT molecular complexity index is 898. The Hall–Kier alpha value is -2.77. The van der Waals surface area contributed by atoms with Crippen molar-refractivity contribution in [2.45, 2.75) is 50.5 Å². The van der Waals surface area contributed by atoms with Crippen molar-refractivity contribution >= 4 is 5.91 Å². The van der Waals surface area contributed by atoms with E-state index in [1.807, 2.05) is 67.5 Å². The second-order valence-corrected chi connectivity index (χ2v) is 9.20. The molecule has 1 unspecified atom stereocenters. The maximum absolute atomic E-state index is 12.0. The Morgan fingerprint density at radius 1 is 1.03 bits per heavy atom. The van der Waals surface area contributed by atoms with Crippen molar-refractivity contribution in [3.63, 3.8) is 0 Å². The van der Waals surface area contributed by atoms with Crippen LogP contribution in [-0.2, 0) is 11.4 Å². The molecule has 2 aliphatic rings. The number of benzene rings is 2. The van der Waals surface area contributed by atoms with Crippen LogP contribution in [0.5, 0.6) is 17.2 Å². The van der Waals surface area contributed by atoms with Gasteiger partial charge >= 0.3 is 0 Å². The van der Waals surface area contributed by atoms with Gasteiger partial charge in [-0.1, -0.05) is 30.3 Å². The van der Waals surface area contributed by atoms with Crippen LogP contribution in [0.15, 0.2) is 48.5 Å². The van der Waals surface area contributed by atoms with Gasteiger partial charge in [0.05, 0.1) is 6.54 Å². The number of amides is 1. The van der Waals surface area contributed by atoms with E-state index >= 15 is 0 Å². The van der Waals surface area contributed by atoms with Crippen molar-refractivity contribution in [3.8, 4) is 17.2 Å². The molecule has 1 heterocycles. The summed E-state index contributed by atoms with van der Waals surface area (Å²) < 4.78 is 18.0. The Morgan fingerprint density at radius 2 is 1.79 bits per heavy atom. The van der Waals surface area contributed by atoms with Crippen LogP contribution in [0.2, 0.25) is 0 Å². The molecule has 7 heteroatoms. The Labute approximate surface area is 196 Å². The first-order chi connectivity index (χ1) is 16.0. The molecule has 1 atom stereocenters. The Kier molecular flexibility index (Phi) is 8.07. The average molecular weight is 454 g/mol. The topological polar surface area (TPSA) is 72.1 Å². The molecule has 0 aromatic heterocycles. The van der Waals surface area contributed by atoms with Crippen LogP contribution >= 0.6 is 0 Å². The molecule has 4 rings (SSSR count). The Morgan fingerprint density at radius 3 is 2.55 bits per heavy atom. The zero-order valence-corrected chi connectivity index (χ0v) is 19.6. The lowest BCUT2D eigenvalue weighted by molar-refractivity contribution is -0.122. The second kappa shape index (κ2) is 11.4. The highest BCUT2D eigenvalue weighted by atomic mass is 16.6. The molecule has 1 aliphatic carbocycles. The molecular weight excluding hydrogens is 418 g/mol. The number of likely N-dealkylation sites (N-methyl/N-ethyl adjacent to an activating group) is 1. The van der Waals surface area contributed by atoms with E-state index in [-0.39, 0.29) is 18.1 Å². The predicted molar refractivity (Wildman–Crippen MR) is 128 cm³/mol. The van der Waals surface area contributed by atoms with Crippen molar-refractivity contribution < 1.29 is 19.0 Å². The summed E-state index contributed by atoms with van der Waals surface area (Å²) in [5.41, 5.74) is 1.13. The number of carbonyl (C=O) groups is 1.